The van der Waals surface area contributed by atoms with Crippen LogP contribution in [0.5, 0.6) is 0 Å². The number of morpholine rings is 1. The summed E-state index contributed by atoms with van der Waals surface area (Å²) in [7, 11) is 0. The molecule has 0 radical (unpaired) electrons. The summed E-state index contributed by atoms with van der Waals surface area (Å²) in [5, 5.41) is 0. The number of nitrogens with two attached hydrogens (primary N) is 1. The first-order valence-corrected chi connectivity index (χ1v) is 6.58. The van der Waals surface area contributed by atoms with Crippen molar-refractivity contribution in [3.05, 3.63) is 29.6 Å². The van der Waals surface area contributed by atoms with E-state index in [9.17, 15) is 0 Å². The average Bonchev–Trinajstić information content (AvgIpc) is 2.27. The van der Waals surface area contributed by atoms with E-state index in [1.54, 1.807) is 6.20 Å². The number of nitrogens with zero attached hydrogens (tertiary/aromatic N) is 2. The first-order valence-electron chi connectivity index (χ1n) is 6.17. The lowest BCUT2D eigenvalue weighted by atomic mass is 10.1. The number of thiocarbonyl (C=S) groups is 1. The topological polar surface area (TPSA) is 51.4 Å². The minimum Gasteiger partial charge on any atom is -0.388 e. The molecule has 1 fully saturated rings. The predicted molar refractivity (Wildman–Crippen MR) is 75.4 cm³/mol. The highest BCUT2D eigenvalue weighted by Gasteiger charge is 2.23. The summed E-state index contributed by atoms with van der Waals surface area (Å²) in [6, 6.07) is 3.96. The average molecular weight is 265 g/mol. The Kier molecular flexibility index (Phi) is 4.27. The Balaban J connectivity index is 2.11. The molecular weight excluding hydrogens is 246 g/mol. The number of aromatic nitrogens is 1. The normalized spacial score (nSPS) is 25.0. The zero-order valence-electron chi connectivity index (χ0n) is 10.8. The van der Waals surface area contributed by atoms with Crippen LogP contribution < -0.4 is 5.73 Å². The molecule has 2 N–H and O–H groups in total. The van der Waals surface area contributed by atoms with Crippen molar-refractivity contribution in [1.82, 2.24) is 9.88 Å². The van der Waals surface area contributed by atoms with Crippen LogP contribution in [0.1, 0.15) is 25.1 Å². The fourth-order valence-electron chi connectivity index (χ4n) is 2.44. The van der Waals surface area contributed by atoms with Crippen LogP contribution in [0.25, 0.3) is 0 Å². The van der Waals surface area contributed by atoms with Gasteiger partial charge in [0.1, 0.15) is 10.7 Å². The highest BCUT2D eigenvalue weighted by Crippen LogP contribution is 2.15. The van der Waals surface area contributed by atoms with E-state index in [4.69, 9.17) is 22.7 Å². The molecule has 0 unspecified atom stereocenters. The summed E-state index contributed by atoms with van der Waals surface area (Å²) in [4.78, 5) is 6.98. The Bertz CT molecular complexity index is 428. The largest absolute Gasteiger partial charge is 0.388 e. The molecule has 1 aromatic rings. The highest BCUT2D eigenvalue weighted by molar-refractivity contribution is 7.80. The molecule has 0 bridgehead atoms. The van der Waals surface area contributed by atoms with Crippen LogP contribution in [0.4, 0.5) is 0 Å². The van der Waals surface area contributed by atoms with Gasteiger partial charge in [0.15, 0.2) is 0 Å². The molecule has 0 aliphatic carbocycles. The van der Waals surface area contributed by atoms with Gasteiger partial charge in [0, 0.05) is 25.8 Å². The van der Waals surface area contributed by atoms with Gasteiger partial charge in [-0.05, 0) is 25.5 Å². The maximum atomic E-state index is 5.72. The van der Waals surface area contributed by atoms with Crippen LogP contribution in [0, 0.1) is 0 Å². The van der Waals surface area contributed by atoms with Crippen molar-refractivity contribution in [2.75, 3.05) is 13.1 Å². The second-order valence-electron chi connectivity index (χ2n) is 4.83. The third-order valence-electron chi connectivity index (χ3n) is 3.01. The van der Waals surface area contributed by atoms with Gasteiger partial charge in [0.25, 0.3) is 0 Å². The van der Waals surface area contributed by atoms with Crippen LogP contribution in [0.3, 0.4) is 0 Å². The van der Waals surface area contributed by atoms with Crippen LogP contribution in [-0.2, 0) is 11.3 Å². The van der Waals surface area contributed by atoms with Gasteiger partial charge in [-0.15, -0.1) is 0 Å². The highest BCUT2D eigenvalue weighted by atomic mass is 32.1. The smallest absolute Gasteiger partial charge is 0.123 e. The fourth-order valence-corrected chi connectivity index (χ4v) is 2.63. The molecule has 0 spiro atoms. The van der Waals surface area contributed by atoms with Gasteiger partial charge in [0.05, 0.1) is 12.2 Å². The van der Waals surface area contributed by atoms with Crippen LogP contribution in [-0.4, -0.2) is 40.2 Å². The van der Waals surface area contributed by atoms with Crippen molar-refractivity contribution in [3.8, 4) is 0 Å². The molecule has 1 saturated heterocycles. The van der Waals surface area contributed by atoms with E-state index in [1.165, 1.54) is 0 Å². The van der Waals surface area contributed by atoms with Gasteiger partial charge in [0.2, 0.25) is 0 Å². The minimum atomic E-state index is 0.263. The van der Waals surface area contributed by atoms with Crippen LogP contribution >= 0.6 is 12.2 Å². The molecule has 18 heavy (non-hydrogen) atoms. The van der Waals surface area contributed by atoms with Crippen molar-refractivity contribution >= 4 is 17.2 Å². The molecule has 2 heterocycles. The molecule has 0 saturated carbocycles. The van der Waals surface area contributed by atoms with E-state index in [2.05, 4.69) is 23.7 Å². The van der Waals surface area contributed by atoms with Crippen molar-refractivity contribution in [1.29, 1.82) is 0 Å². The zero-order chi connectivity index (χ0) is 13.1. The van der Waals surface area contributed by atoms with E-state index in [1.807, 2.05) is 12.1 Å². The Morgan fingerprint density at radius 3 is 2.78 bits per heavy atom. The van der Waals surface area contributed by atoms with Crippen LogP contribution in [0.15, 0.2) is 18.3 Å². The molecule has 0 aromatic carbocycles. The summed E-state index contributed by atoms with van der Waals surface area (Å²) in [5.41, 5.74) is 7.52. The summed E-state index contributed by atoms with van der Waals surface area (Å²) in [6.45, 7) is 6.87. The Labute approximate surface area is 113 Å². The molecule has 2 rings (SSSR count). The summed E-state index contributed by atoms with van der Waals surface area (Å²) in [6.07, 6.45) is 2.25. The summed E-state index contributed by atoms with van der Waals surface area (Å²) in [5.74, 6) is 0. The maximum absolute atomic E-state index is 5.72. The van der Waals surface area contributed by atoms with Crippen molar-refractivity contribution < 1.29 is 4.74 Å². The molecule has 1 aromatic heterocycles. The quantitative estimate of drug-likeness (QED) is 0.836. The predicted octanol–water partition coefficient (Wildman–Crippen LogP) is 1.33. The third-order valence-corrected chi connectivity index (χ3v) is 3.21. The Morgan fingerprint density at radius 1 is 1.50 bits per heavy atom. The fraction of sp³-hybridized carbons (Fsp3) is 0.538. The number of ether oxygens (including phenoxy) is 1. The lowest BCUT2D eigenvalue weighted by molar-refractivity contribution is -0.0705. The zero-order valence-corrected chi connectivity index (χ0v) is 11.6. The molecule has 1 aliphatic rings. The summed E-state index contributed by atoms with van der Waals surface area (Å²) < 4.78 is 5.72. The van der Waals surface area contributed by atoms with Crippen molar-refractivity contribution in [2.45, 2.75) is 32.6 Å². The SMILES string of the molecule is C[C@@H]1CN(Cc2cccnc2C(N)=S)C[C@H](C)O1. The molecule has 98 valence electrons. The van der Waals surface area contributed by atoms with Crippen molar-refractivity contribution in [3.63, 3.8) is 0 Å². The van der Waals surface area contributed by atoms with Gasteiger partial charge < -0.3 is 10.5 Å². The van der Waals surface area contributed by atoms with Crippen molar-refractivity contribution in [2.24, 2.45) is 5.73 Å². The maximum Gasteiger partial charge on any atom is 0.123 e. The molecule has 0 amide bonds. The van der Waals surface area contributed by atoms with Gasteiger partial charge in [-0.3, -0.25) is 9.88 Å². The second-order valence-corrected chi connectivity index (χ2v) is 5.27. The Morgan fingerprint density at radius 2 is 2.17 bits per heavy atom. The lowest BCUT2D eigenvalue weighted by Gasteiger charge is -2.35. The van der Waals surface area contributed by atoms with Gasteiger partial charge in [-0.1, -0.05) is 18.3 Å². The van der Waals surface area contributed by atoms with Gasteiger partial charge >= 0.3 is 0 Å². The first-order chi connectivity index (χ1) is 8.56. The number of hydrogen-bond acceptors (Lipinski definition) is 4. The standard InChI is InChI=1S/C13H19N3OS/c1-9-6-16(7-10(2)17-9)8-11-4-3-5-15-12(11)13(14)18/h3-5,9-10H,6-8H2,1-2H3,(H2,14,18)/t9-,10+. The minimum absolute atomic E-state index is 0.263. The Hall–Kier alpha value is -1.04. The van der Waals surface area contributed by atoms with Gasteiger partial charge in [-0.25, -0.2) is 0 Å². The molecular formula is C13H19N3OS. The van der Waals surface area contributed by atoms with E-state index < -0.39 is 0 Å². The monoisotopic (exact) mass is 265 g/mol. The number of rotatable bonds is 3. The van der Waals surface area contributed by atoms with Gasteiger partial charge in [-0.2, -0.15) is 0 Å². The molecule has 4 nitrogen and oxygen atoms in total. The number of pyridine rings is 1. The molecule has 1 aliphatic heterocycles. The molecule has 2 atom stereocenters. The first kappa shape index (κ1) is 13.4. The third kappa shape index (κ3) is 3.25. The van der Waals surface area contributed by atoms with Crippen LogP contribution in [0.2, 0.25) is 0 Å². The number of hydrogen-bond donors (Lipinski definition) is 1. The van der Waals surface area contributed by atoms with E-state index in [0.717, 1.165) is 30.9 Å². The molecule has 5 heteroatoms. The second kappa shape index (κ2) is 5.73. The van der Waals surface area contributed by atoms with E-state index in [0.29, 0.717) is 4.99 Å². The van der Waals surface area contributed by atoms with E-state index in [-0.39, 0.29) is 12.2 Å². The van der Waals surface area contributed by atoms with E-state index >= 15 is 0 Å². The lowest BCUT2D eigenvalue weighted by Crippen LogP contribution is -2.45. The summed E-state index contributed by atoms with van der Waals surface area (Å²) >= 11 is 5.04.